The fourth-order valence-corrected chi connectivity index (χ4v) is 1.79. The number of anilines is 1. The lowest BCUT2D eigenvalue weighted by molar-refractivity contribution is -0.136. The molecule has 0 fully saturated rings. The van der Waals surface area contributed by atoms with Crippen molar-refractivity contribution in [1.82, 2.24) is 0 Å². The Kier molecular flexibility index (Phi) is 5.36. The maximum Gasteiger partial charge on any atom is 0.305 e. The van der Waals surface area contributed by atoms with Gasteiger partial charge < -0.3 is 10.0 Å². The van der Waals surface area contributed by atoms with E-state index in [0.29, 0.717) is 12.1 Å². The number of ketones is 1. The zero-order valence-corrected chi connectivity index (χ0v) is 10.8. The van der Waals surface area contributed by atoms with Crippen LogP contribution in [0.4, 0.5) is 5.69 Å². The van der Waals surface area contributed by atoms with Crippen LogP contribution in [0.1, 0.15) is 37.0 Å². The average Bonchev–Trinajstić information content (AvgIpc) is 2.34. The summed E-state index contributed by atoms with van der Waals surface area (Å²) >= 11 is 0. The van der Waals surface area contributed by atoms with E-state index >= 15 is 0 Å². The fourth-order valence-electron chi connectivity index (χ4n) is 1.79. The molecule has 18 heavy (non-hydrogen) atoms. The third-order valence-electron chi connectivity index (χ3n) is 2.71. The number of rotatable bonds is 7. The van der Waals surface area contributed by atoms with Gasteiger partial charge in [-0.05, 0) is 25.5 Å². The van der Waals surface area contributed by atoms with Gasteiger partial charge in [-0.3, -0.25) is 9.59 Å². The molecule has 0 aliphatic heterocycles. The Hall–Kier alpha value is -1.84. The summed E-state index contributed by atoms with van der Waals surface area (Å²) in [4.78, 5) is 24.0. The molecule has 98 valence electrons. The van der Waals surface area contributed by atoms with Gasteiger partial charge in [0.2, 0.25) is 0 Å². The first-order valence-corrected chi connectivity index (χ1v) is 6.12. The predicted octanol–water partition coefficient (Wildman–Crippen LogP) is 2.58. The molecule has 0 aliphatic rings. The molecule has 1 aromatic rings. The fraction of sp³-hybridized carbons (Fsp3) is 0.429. The smallest absolute Gasteiger partial charge is 0.305 e. The number of aliphatic carboxylic acids is 1. The number of carbonyl (C=O) groups is 2. The average molecular weight is 249 g/mol. The molecule has 0 radical (unpaired) electrons. The first-order chi connectivity index (χ1) is 8.54. The zero-order valence-electron chi connectivity index (χ0n) is 10.8. The minimum absolute atomic E-state index is 0.0199. The summed E-state index contributed by atoms with van der Waals surface area (Å²) in [5, 5.41) is 8.74. The molecule has 0 atom stereocenters. The van der Waals surface area contributed by atoms with Crippen molar-refractivity contribution in [2.75, 3.05) is 18.0 Å². The molecule has 0 saturated heterocycles. The summed E-state index contributed by atoms with van der Waals surface area (Å²) in [7, 11) is 0. The van der Waals surface area contributed by atoms with Crippen molar-refractivity contribution in [1.29, 1.82) is 0 Å². The van der Waals surface area contributed by atoms with Crippen LogP contribution in [0.5, 0.6) is 0 Å². The van der Waals surface area contributed by atoms with E-state index in [-0.39, 0.29) is 12.2 Å². The summed E-state index contributed by atoms with van der Waals surface area (Å²) in [6.07, 6.45) is 1.04. The van der Waals surface area contributed by atoms with Gasteiger partial charge in [-0.15, -0.1) is 0 Å². The van der Waals surface area contributed by atoms with Crippen LogP contribution in [0.2, 0.25) is 0 Å². The molecular formula is C14H19NO3. The predicted molar refractivity (Wildman–Crippen MR) is 71.2 cm³/mol. The lowest BCUT2D eigenvalue weighted by Gasteiger charge is -2.24. The second-order valence-corrected chi connectivity index (χ2v) is 4.24. The van der Waals surface area contributed by atoms with Gasteiger partial charge in [0.15, 0.2) is 5.78 Å². The van der Waals surface area contributed by atoms with Gasteiger partial charge in [-0.1, -0.05) is 19.1 Å². The molecule has 0 saturated carbocycles. The molecule has 1 aromatic carbocycles. The molecule has 0 amide bonds. The molecule has 1 rings (SSSR count). The van der Waals surface area contributed by atoms with Crippen molar-refractivity contribution in [3.05, 3.63) is 29.8 Å². The summed E-state index contributed by atoms with van der Waals surface area (Å²) in [6, 6.07) is 7.33. The standard InChI is InChI=1S/C14H19NO3/c1-3-8-15(9-7-14(17)18)13-6-4-5-12(10-13)11(2)16/h4-6,10H,3,7-9H2,1-2H3,(H,17,18). The zero-order chi connectivity index (χ0) is 13.5. The van der Waals surface area contributed by atoms with Crippen LogP contribution >= 0.6 is 0 Å². The molecule has 0 unspecified atom stereocenters. The minimum Gasteiger partial charge on any atom is -0.481 e. The van der Waals surface area contributed by atoms with Gasteiger partial charge in [0.25, 0.3) is 0 Å². The molecule has 0 aliphatic carbocycles. The number of Topliss-reactive ketones (excluding diaryl/α,β-unsaturated/α-hetero) is 1. The van der Waals surface area contributed by atoms with E-state index in [0.717, 1.165) is 18.7 Å². The van der Waals surface area contributed by atoms with E-state index < -0.39 is 5.97 Å². The highest BCUT2D eigenvalue weighted by molar-refractivity contribution is 5.95. The van der Waals surface area contributed by atoms with E-state index in [1.165, 1.54) is 6.92 Å². The van der Waals surface area contributed by atoms with Gasteiger partial charge in [0.05, 0.1) is 6.42 Å². The second kappa shape index (κ2) is 6.79. The van der Waals surface area contributed by atoms with E-state index in [2.05, 4.69) is 0 Å². The number of nitrogens with zero attached hydrogens (tertiary/aromatic N) is 1. The van der Waals surface area contributed by atoms with Gasteiger partial charge in [-0.2, -0.15) is 0 Å². The molecule has 1 N–H and O–H groups in total. The minimum atomic E-state index is -0.807. The quantitative estimate of drug-likeness (QED) is 0.754. The van der Waals surface area contributed by atoms with E-state index in [9.17, 15) is 9.59 Å². The molecule has 0 bridgehead atoms. The third-order valence-corrected chi connectivity index (χ3v) is 2.71. The Morgan fingerprint density at radius 2 is 2.00 bits per heavy atom. The van der Waals surface area contributed by atoms with Gasteiger partial charge >= 0.3 is 5.97 Å². The highest BCUT2D eigenvalue weighted by atomic mass is 16.4. The van der Waals surface area contributed by atoms with Crippen LogP contribution in [0.25, 0.3) is 0 Å². The first-order valence-electron chi connectivity index (χ1n) is 6.12. The van der Waals surface area contributed by atoms with Gasteiger partial charge in [0, 0.05) is 24.3 Å². The Morgan fingerprint density at radius 1 is 1.28 bits per heavy atom. The highest BCUT2D eigenvalue weighted by Gasteiger charge is 2.09. The summed E-state index contributed by atoms with van der Waals surface area (Å²) < 4.78 is 0. The van der Waals surface area contributed by atoms with E-state index in [4.69, 9.17) is 5.11 Å². The Morgan fingerprint density at radius 3 is 2.56 bits per heavy atom. The molecule has 0 spiro atoms. The molecular weight excluding hydrogens is 230 g/mol. The number of carboxylic acid groups (broad SMARTS) is 1. The summed E-state index contributed by atoms with van der Waals surface area (Å²) in [6.45, 7) is 4.82. The highest BCUT2D eigenvalue weighted by Crippen LogP contribution is 2.17. The van der Waals surface area contributed by atoms with Gasteiger partial charge in [0.1, 0.15) is 0 Å². The summed E-state index contributed by atoms with van der Waals surface area (Å²) in [5.41, 5.74) is 1.56. The topological polar surface area (TPSA) is 57.6 Å². The molecule has 0 heterocycles. The molecule has 0 aromatic heterocycles. The lowest BCUT2D eigenvalue weighted by Crippen LogP contribution is -2.27. The van der Waals surface area contributed by atoms with Crippen molar-refractivity contribution in [3.8, 4) is 0 Å². The monoisotopic (exact) mass is 249 g/mol. The third kappa shape index (κ3) is 4.20. The Bertz CT molecular complexity index is 429. The van der Waals surface area contributed by atoms with E-state index in [1.54, 1.807) is 6.07 Å². The van der Waals surface area contributed by atoms with Crippen molar-refractivity contribution >= 4 is 17.4 Å². The maximum absolute atomic E-state index is 11.3. The first kappa shape index (κ1) is 14.2. The number of carboxylic acids is 1. The van der Waals surface area contributed by atoms with Crippen LogP contribution in [-0.2, 0) is 4.79 Å². The van der Waals surface area contributed by atoms with Crippen molar-refractivity contribution < 1.29 is 14.7 Å². The Balaban J connectivity index is 2.86. The summed E-state index contributed by atoms with van der Waals surface area (Å²) in [5.74, 6) is -0.787. The maximum atomic E-state index is 11.3. The SMILES string of the molecule is CCCN(CCC(=O)O)c1cccc(C(C)=O)c1. The lowest BCUT2D eigenvalue weighted by atomic mass is 10.1. The van der Waals surface area contributed by atoms with E-state index in [1.807, 2.05) is 30.0 Å². The number of hydrogen-bond donors (Lipinski definition) is 1. The molecule has 4 nitrogen and oxygen atoms in total. The van der Waals surface area contributed by atoms with Crippen LogP contribution < -0.4 is 4.90 Å². The second-order valence-electron chi connectivity index (χ2n) is 4.24. The van der Waals surface area contributed by atoms with Crippen LogP contribution in [0.3, 0.4) is 0 Å². The van der Waals surface area contributed by atoms with Gasteiger partial charge in [-0.25, -0.2) is 0 Å². The van der Waals surface area contributed by atoms with Crippen LogP contribution in [-0.4, -0.2) is 29.9 Å². The van der Waals surface area contributed by atoms with Crippen molar-refractivity contribution in [3.63, 3.8) is 0 Å². The normalized spacial score (nSPS) is 10.1. The number of benzene rings is 1. The number of carbonyl (C=O) groups excluding carboxylic acids is 1. The Labute approximate surface area is 107 Å². The molecule has 4 heteroatoms. The van der Waals surface area contributed by atoms with Crippen LogP contribution in [0.15, 0.2) is 24.3 Å². The van der Waals surface area contributed by atoms with Crippen molar-refractivity contribution in [2.24, 2.45) is 0 Å². The van der Waals surface area contributed by atoms with Crippen LogP contribution in [0, 0.1) is 0 Å². The largest absolute Gasteiger partial charge is 0.481 e. The van der Waals surface area contributed by atoms with Crippen molar-refractivity contribution in [2.45, 2.75) is 26.7 Å². The number of hydrogen-bond acceptors (Lipinski definition) is 3.